The van der Waals surface area contributed by atoms with Crippen molar-refractivity contribution in [1.29, 1.82) is 0 Å². The fraction of sp³-hybridized carbons (Fsp3) is 0.250. The minimum absolute atomic E-state index is 0.212. The molecule has 2 aromatic rings. The summed E-state index contributed by atoms with van der Waals surface area (Å²) >= 11 is 4.65. The van der Waals surface area contributed by atoms with Gasteiger partial charge >= 0.3 is 0 Å². The zero-order chi connectivity index (χ0) is 14.0. The third-order valence-electron chi connectivity index (χ3n) is 2.42. The van der Waals surface area contributed by atoms with Gasteiger partial charge in [0.25, 0.3) is 5.91 Å². The summed E-state index contributed by atoms with van der Waals surface area (Å²) in [5, 5.41) is 3.27. The number of nitrogens with one attached hydrogen (secondary N) is 1. The van der Waals surface area contributed by atoms with Gasteiger partial charge in [-0.3, -0.25) is 10.1 Å². The highest BCUT2D eigenvalue weighted by Gasteiger charge is 2.12. The molecule has 100 valence electrons. The first-order valence-electron chi connectivity index (χ1n) is 5.66. The summed E-state index contributed by atoms with van der Waals surface area (Å²) in [7, 11) is 0. The summed E-state index contributed by atoms with van der Waals surface area (Å²) in [5.41, 5.74) is 7.01. The normalized spacial score (nSPS) is 10.7. The van der Waals surface area contributed by atoms with Crippen LogP contribution in [0.1, 0.15) is 35.8 Å². The summed E-state index contributed by atoms with van der Waals surface area (Å²) in [4.78, 5) is 20.4. The van der Waals surface area contributed by atoms with Crippen molar-refractivity contribution in [2.24, 2.45) is 0 Å². The minimum Gasteiger partial charge on any atom is -0.384 e. The number of carbonyl (C=O) groups is 1. The van der Waals surface area contributed by atoms with Gasteiger partial charge in [0.15, 0.2) is 5.13 Å². The molecule has 0 bridgehead atoms. The topological polar surface area (TPSA) is 80.9 Å². The lowest BCUT2D eigenvalue weighted by Crippen LogP contribution is -2.13. The Hall–Kier alpha value is -1.47. The molecule has 5 nitrogen and oxygen atoms in total. The van der Waals surface area contributed by atoms with Crippen LogP contribution in [0.5, 0.6) is 0 Å². The fourth-order valence-corrected chi connectivity index (χ4v) is 2.58. The maximum atomic E-state index is 12.1. The minimum atomic E-state index is -0.238. The number of aromatic nitrogens is 2. The van der Waals surface area contributed by atoms with Crippen LogP contribution in [0.15, 0.2) is 22.1 Å². The number of anilines is 2. The first-order valence-corrected chi connectivity index (χ1v) is 7.27. The number of carbonyl (C=O) groups excluding carboxylic acids is 1. The van der Waals surface area contributed by atoms with Gasteiger partial charge < -0.3 is 5.73 Å². The Morgan fingerprint density at radius 1 is 1.47 bits per heavy atom. The predicted octanol–water partition coefficient (Wildman–Crippen LogP) is 3.26. The summed E-state index contributed by atoms with van der Waals surface area (Å²) in [6.07, 6.45) is 1.64. The van der Waals surface area contributed by atoms with E-state index in [-0.39, 0.29) is 11.8 Å². The molecular formula is C12H13BrN4OS. The van der Waals surface area contributed by atoms with Crippen LogP contribution in [0.4, 0.5) is 10.9 Å². The highest BCUT2D eigenvalue weighted by Crippen LogP contribution is 2.24. The van der Waals surface area contributed by atoms with Gasteiger partial charge in [0.05, 0.1) is 9.98 Å². The van der Waals surface area contributed by atoms with Crippen molar-refractivity contribution in [1.82, 2.24) is 9.97 Å². The highest BCUT2D eigenvalue weighted by molar-refractivity contribution is 9.11. The standard InChI is InChI=1S/C12H13BrN4OS/c1-6(2)8-3-7(4-10(14)16-8)11(18)17-12-15-5-9(13)19-12/h3-6H,1-2H3,(H2,14,16)(H,15,17,18). The fourth-order valence-electron chi connectivity index (χ4n) is 1.48. The third kappa shape index (κ3) is 3.51. The Morgan fingerprint density at radius 3 is 2.79 bits per heavy atom. The van der Waals surface area contributed by atoms with Gasteiger partial charge in [-0.15, -0.1) is 0 Å². The van der Waals surface area contributed by atoms with Crippen molar-refractivity contribution in [3.8, 4) is 0 Å². The van der Waals surface area contributed by atoms with Crippen LogP contribution in [0.2, 0.25) is 0 Å². The molecule has 7 heteroatoms. The lowest BCUT2D eigenvalue weighted by Gasteiger charge is -2.08. The largest absolute Gasteiger partial charge is 0.384 e. The zero-order valence-corrected chi connectivity index (χ0v) is 12.9. The number of thiazole rings is 1. The van der Waals surface area contributed by atoms with Crippen LogP contribution in [-0.2, 0) is 0 Å². The van der Waals surface area contributed by atoms with Crippen LogP contribution >= 0.6 is 27.3 Å². The number of nitrogens with two attached hydrogens (primary N) is 1. The van der Waals surface area contributed by atoms with Crippen LogP contribution in [-0.4, -0.2) is 15.9 Å². The molecule has 0 fully saturated rings. The molecule has 0 aliphatic rings. The van der Waals surface area contributed by atoms with E-state index in [1.165, 1.54) is 11.3 Å². The van der Waals surface area contributed by atoms with E-state index in [9.17, 15) is 4.79 Å². The van der Waals surface area contributed by atoms with Crippen molar-refractivity contribution in [3.63, 3.8) is 0 Å². The van der Waals surface area contributed by atoms with E-state index in [2.05, 4.69) is 31.2 Å². The van der Waals surface area contributed by atoms with Gasteiger partial charge in [0.2, 0.25) is 0 Å². The monoisotopic (exact) mass is 340 g/mol. The Kier molecular flexibility index (Phi) is 4.16. The molecule has 2 rings (SSSR count). The second-order valence-corrected chi connectivity index (χ2v) is 6.69. The second-order valence-electron chi connectivity index (χ2n) is 4.28. The maximum absolute atomic E-state index is 12.1. The number of hydrogen-bond donors (Lipinski definition) is 2. The molecule has 0 spiro atoms. The lowest BCUT2D eigenvalue weighted by molar-refractivity contribution is 0.102. The Bertz CT molecular complexity index is 612. The van der Waals surface area contributed by atoms with Crippen molar-refractivity contribution >= 4 is 44.1 Å². The first kappa shape index (κ1) is 14.0. The molecule has 0 aromatic carbocycles. The highest BCUT2D eigenvalue weighted by atomic mass is 79.9. The van der Waals surface area contributed by atoms with E-state index >= 15 is 0 Å². The summed E-state index contributed by atoms with van der Waals surface area (Å²) in [5.74, 6) is 0.318. The van der Waals surface area contributed by atoms with E-state index in [4.69, 9.17) is 5.73 Å². The van der Waals surface area contributed by atoms with Crippen molar-refractivity contribution < 1.29 is 4.79 Å². The van der Waals surface area contributed by atoms with Gasteiger partial charge in [-0.2, -0.15) is 0 Å². The number of nitrogen functional groups attached to an aromatic ring is 1. The second kappa shape index (κ2) is 5.66. The average Bonchev–Trinajstić information content (AvgIpc) is 2.73. The smallest absolute Gasteiger partial charge is 0.257 e. The average molecular weight is 341 g/mol. The van der Waals surface area contributed by atoms with Gasteiger partial charge in [0, 0.05) is 11.3 Å². The molecule has 0 saturated heterocycles. The molecule has 0 aliphatic heterocycles. The number of nitrogens with zero attached hydrogens (tertiary/aromatic N) is 2. The molecule has 2 heterocycles. The molecule has 3 N–H and O–H groups in total. The maximum Gasteiger partial charge on any atom is 0.257 e. The van der Waals surface area contributed by atoms with Crippen LogP contribution in [0.25, 0.3) is 0 Å². The van der Waals surface area contributed by atoms with E-state index < -0.39 is 0 Å². The Labute approximate surface area is 123 Å². The molecular weight excluding hydrogens is 328 g/mol. The van der Waals surface area contributed by atoms with Crippen LogP contribution in [0.3, 0.4) is 0 Å². The van der Waals surface area contributed by atoms with E-state index in [1.807, 2.05) is 13.8 Å². The first-order chi connectivity index (χ1) is 8.95. The molecule has 0 aliphatic carbocycles. The Morgan fingerprint density at radius 2 is 2.21 bits per heavy atom. The summed E-state index contributed by atoms with van der Waals surface area (Å²) < 4.78 is 0.861. The van der Waals surface area contributed by atoms with Gasteiger partial charge in [-0.05, 0) is 34.0 Å². The number of hydrogen-bond acceptors (Lipinski definition) is 5. The zero-order valence-electron chi connectivity index (χ0n) is 10.5. The Balaban J connectivity index is 2.23. The van der Waals surface area contributed by atoms with Crippen LogP contribution in [0, 0.1) is 0 Å². The van der Waals surface area contributed by atoms with E-state index in [1.54, 1.807) is 18.3 Å². The summed E-state index contributed by atoms with van der Waals surface area (Å²) in [6, 6.07) is 3.31. The summed E-state index contributed by atoms with van der Waals surface area (Å²) in [6.45, 7) is 4.00. The lowest BCUT2D eigenvalue weighted by atomic mass is 10.1. The number of halogens is 1. The molecule has 2 aromatic heterocycles. The SMILES string of the molecule is CC(C)c1cc(C(=O)Nc2ncc(Br)s2)cc(N)n1. The van der Waals surface area contributed by atoms with Gasteiger partial charge in [0.1, 0.15) is 5.82 Å². The third-order valence-corrected chi connectivity index (χ3v) is 3.81. The van der Waals surface area contributed by atoms with Crippen molar-refractivity contribution in [3.05, 3.63) is 33.4 Å². The molecule has 0 atom stereocenters. The number of amides is 1. The molecule has 0 saturated carbocycles. The number of pyridine rings is 1. The van der Waals surface area contributed by atoms with E-state index in [0.717, 1.165) is 9.48 Å². The number of rotatable bonds is 3. The van der Waals surface area contributed by atoms with Crippen molar-refractivity contribution in [2.75, 3.05) is 11.1 Å². The molecule has 1 amide bonds. The predicted molar refractivity (Wildman–Crippen MR) is 80.5 cm³/mol. The van der Waals surface area contributed by atoms with Gasteiger partial charge in [-0.25, -0.2) is 9.97 Å². The molecule has 0 unspecified atom stereocenters. The molecule has 19 heavy (non-hydrogen) atoms. The quantitative estimate of drug-likeness (QED) is 0.898. The molecule has 0 radical (unpaired) electrons. The van der Waals surface area contributed by atoms with Crippen LogP contribution < -0.4 is 11.1 Å². The van der Waals surface area contributed by atoms with Gasteiger partial charge in [-0.1, -0.05) is 25.2 Å². The van der Waals surface area contributed by atoms with Crippen molar-refractivity contribution in [2.45, 2.75) is 19.8 Å². The van der Waals surface area contributed by atoms with E-state index in [0.29, 0.717) is 16.5 Å².